The summed E-state index contributed by atoms with van der Waals surface area (Å²) in [6.07, 6.45) is 8.73. The fourth-order valence-corrected chi connectivity index (χ4v) is 11.8. The molecule has 1 saturated heterocycles. The van der Waals surface area contributed by atoms with Crippen LogP contribution < -0.4 is 20.1 Å². The number of thiazole rings is 1. The van der Waals surface area contributed by atoms with Crippen molar-refractivity contribution in [2.24, 2.45) is 5.92 Å². The van der Waals surface area contributed by atoms with Gasteiger partial charge in [0.15, 0.2) is 0 Å². The van der Waals surface area contributed by atoms with Gasteiger partial charge in [0.25, 0.3) is 11.9 Å². The normalized spacial score (nSPS) is 26.1. The lowest BCUT2D eigenvalue weighted by atomic mass is 10.0. The van der Waals surface area contributed by atoms with Crippen LogP contribution in [0.5, 0.6) is 6.01 Å². The maximum atomic E-state index is 14.5. The number of alkyl carbamates (subject to hydrolysis) is 1. The summed E-state index contributed by atoms with van der Waals surface area (Å²) in [5.74, 6) is -2.04. The van der Waals surface area contributed by atoms with Crippen molar-refractivity contribution in [3.05, 3.63) is 39.6 Å². The Morgan fingerprint density at radius 3 is 2.39 bits per heavy atom. The van der Waals surface area contributed by atoms with Crippen molar-refractivity contribution in [1.82, 2.24) is 34.8 Å². The minimum absolute atomic E-state index is 0.0337. The Kier molecular flexibility index (Phi) is 13.5. The lowest BCUT2D eigenvalue weighted by molar-refractivity contribution is -0.139. The van der Waals surface area contributed by atoms with Crippen LogP contribution in [0.3, 0.4) is 0 Å². The van der Waals surface area contributed by atoms with E-state index in [0.717, 1.165) is 47.7 Å². The largest absolute Gasteiger partial charge is 0.459 e. The maximum Gasteiger partial charge on any atom is 0.408 e. The fourth-order valence-electron chi connectivity index (χ4n) is 8.80. The third-order valence-electron chi connectivity index (χ3n) is 12.4. The number of sulfonamides is 1. The van der Waals surface area contributed by atoms with E-state index in [4.69, 9.17) is 19.4 Å². The van der Waals surface area contributed by atoms with Crippen LogP contribution >= 0.6 is 11.3 Å². The van der Waals surface area contributed by atoms with Crippen LogP contribution in [0, 0.1) is 5.92 Å². The Bertz CT molecular complexity index is 2160. The molecule has 15 nitrogen and oxygen atoms in total. The molecule has 3 N–H and O–H groups in total. The minimum atomic E-state index is -4.05. The second kappa shape index (κ2) is 17.9. The molecule has 4 atom stereocenters. The molecule has 3 fully saturated rings. The van der Waals surface area contributed by atoms with Crippen LogP contribution in [0.4, 0.5) is 4.79 Å². The number of fused-ring (bicyclic) bond motifs is 6. The molecule has 2 aliphatic heterocycles. The molecule has 61 heavy (non-hydrogen) atoms. The van der Waals surface area contributed by atoms with E-state index >= 15 is 0 Å². The smallest absolute Gasteiger partial charge is 0.408 e. The Labute approximate surface area is 364 Å². The van der Waals surface area contributed by atoms with E-state index in [1.165, 1.54) is 9.78 Å². The first-order valence-electron chi connectivity index (χ1n) is 21.9. The number of ether oxygens (including phenoxy) is 2. The van der Waals surface area contributed by atoms with Crippen LogP contribution in [-0.4, -0.2) is 92.8 Å². The van der Waals surface area contributed by atoms with E-state index in [1.54, 1.807) is 38.2 Å². The molecule has 0 radical (unpaired) electrons. The molecule has 0 aromatic carbocycles. The van der Waals surface area contributed by atoms with Gasteiger partial charge in [0.05, 0.1) is 22.7 Å². The highest BCUT2D eigenvalue weighted by molar-refractivity contribution is 7.91. The first-order chi connectivity index (χ1) is 28.7. The van der Waals surface area contributed by atoms with Gasteiger partial charge in [-0.1, -0.05) is 59.1 Å². The van der Waals surface area contributed by atoms with Gasteiger partial charge in [-0.25, -0.2) is 18.2 Å². The number of nitrogens with zero attached hydrogens (tertiary/aromatic N) is 4. The van der Waals surface area contributed by atoms with E-state index in [1.807, 2.05) is 38.3 Å². The van der Waals surface area contributed by atoms with Gasteiger partial charge in [0.1, 0.15) is 40.5 Å². The number of aryl methyl sites for hydroxylation is 1. The van der Waals surface area contributed by atoms with Gasteiger partial charge < -0.3 is 25.0 Å². The van der Waals surface area contributed by atoms with Crippen molar-refractivity contribution in [2.45, 2.75) is 173 Å². The third kappa shape index (κ3) is 9.72. The molecule has 4 heterocycles. The van der Waals surface area contributed by atoms with Crippen LogP contribution in [0.25, 0.3) is 11.6 Å². The van der Waals surface area contributed by atoms with E-state index in [0.29, 0.717) is 37.8 Å². The molecule has 336 valence electrons. The van der Waals surface area contributed by atoms with Crippen LogP contribution in [0.2, 0.25) is 0 Å². The summed E-state index contributed by atoms with van der Waals surface area (Å²) in [4.78, 5) is 67.8. The van der Waals surface area contributed by atoms with Gasteiger partial charge in [0, 0.05) is 22.9 Å². The summed E-state index contributed by atoms with van der Waals surface area (Å²) in [7, 11) is -4.05. The van der Waals surface area contributed by atoms with E-state index in [-0.39, 0.29) is 43.3 Å². The maximum absolute atomic E-state index is 14.5. The summed E-state index contributed by atoms with van der Waals surface area (Å²) in [5.41, 5.74) is 1.02. The summed E-state index contributed by atoms with van der Waals surface area (Å²) in [5, 5.41) is 6.25. The summed E-state index contributed by atoms with van der Waals surface area (Å²) >= 11 is 1.66. The molecular weight excluding hydrogens is 819 g/mol. The molecule has 4 aliphatic rings. The SMILES string of the molecule is C=Cc1c2nc(n1C(C)C)OC1CC(C(=O)NC3(CC3CC)C(=O)NS(=O)(=O)C3(CCCCCCc4sc(nc4C(C)C)C2=CC)CC3)N(C(=O)CNC(=O)OC(C)(C)C)C1. The van der Waals surface area contributed by atoms with Crippen LogP contribution in [0.15, 0.2) is 12.7 Å². The predicted octanol–water partition coefficient (Wildman–Crippen LogP) is 6.78. The third-order valence-corrected chi connectivity index (χ3v) is 15.7. The van der Waals surface area contributed by atoms with Gasteiger partial charge in [-0.05, 0) is 98.0 Å². The zero-order valence-electron chi connectivity index (χ0n) is 37.3. The zero-order valence-corrected chi connectivity index (χ0v) is 38.9. The number of aromatic nitrogens is 3. The first kappa shape index (κ1) is 46.3. The highest BCUT2D eigenvalue weighted by Gasteiger charge is 2.63. The highest BCUT2D eigenvalue weighted by atomic mass is 32.2. The standard InChI is InChI=1S/C44H65N7O8S2/c1-11-28-23-44(28)39(54)49-61(56,57)43(20-21-43)19-17-15-14-16-18-33-35(26(4)5)46-38(60-33)30(12-2)36-31(13-3)51(27(6)7)40(47-36)58-29-22-32(37(53)48-44)50(25-29)34(52)24-45-41(55)59-42(8,9)10/h12-13,26-29,32H,3,11,14-25H2,1-2,4-10H3,(H,45,55)(H,48,53)(H,49,54). The van der Waals surface area contributed by atoms with Crippen molar-refractivity contribution in [3.8, 4) is 6.01 Å². The van der Waals surface area contributed by atoms with Crippen molar-refractivity contribution < 1.29 is 37.1 Å². The topological polar surface area (TPSA) is 191 Å². The van der Waals surface area contributed by atoms with Gasteiger partial charge in [0.2, 0.25) is 21.8 Å². The average molecular weight is 884 g/mol. The van der Waals surface area contributed by atoms with Crippen molar-refractivity contribution in [1.29, 1.82) is 0 Å². The Balaban J connectivity index is 1.38. The molecule has 6 rings (SSSR count). The summed E-state index contributed by atoms with van der Waals surface area (Å²) in [6.45, 7) is 20.9. The number of amides is 4. The number of allylic oxidation sites excluding steroid dienone is 1. The molecule has 4 unspecified atom stereocenters. The quantitative estimate of drug-likeness (QED) is 0.279. The monoisotopic (exact) mass is 883 g/mol. The predicted molar refractivity (Wildman–Crippen MR) is 236 cm³/mol. The van der Waals surface area contributed by atoms with Gasteiger partial charge in [-0.2, -0.15) is 4.98 Å². The fraction of sp³-hybridized carbons (Fsp3) is 0.682. The number of imidazole rings is 1. The lowest BCUT2D eigenvalue weighted by Gasteiger charge is -2.27. The zero-order chi connectivity index (χ0) is 44.7. The molecule has 2 saturated carbocycles. The van der Waals surface area contributed by atoms with Crippen molar-refractivity contribution >= 4 is 56.8 Å². The van der Waals surface area contributed by atoms with Crippen molar-refractivity contribution in [3.63, 3.8) is 0 Å². The number of nitrogens with one attached hydrogen (secondary N) is 3. The first-order valence-corrected chi connectivity index (χ1v) is 24.2. The van der Waals surface area contributed by atoms with E-state index in [9.17, 15) is 27.6 Å². The lowest BCUT2D eigenvalue weighted by Crippen LogP contribution is -2.57. The van der Waals surface area contributed by atoms with Gasteiger partial charge >= 0.3 is 6.09 Å². The highest BCUT2D eigenvalue weighted by Crippen LogP contribution is 2.50. The van der Waals surface area contributed by atoms with E-state index in [2.05, 4.69) is 35.8 Å². The van der Waals surface area contributed by atoms with E-state index < -0.39 is 68.4 Å². The Morgan fingerprint density at radius 1 is 1.10 bits per heavy atom. The van der Waals surface area contributed by atoms with Crippen LogP contribution in [-0.2, 0) is 35.6 Å². The Hall–Kier alpha value is -4.25. The number of hydrogen-bond donors (Lipinski definition) is 3. The summed E-state index contributed by atoms with van der Waals surface area (Å²) < 4.78 is 43.1. The van der Waals surface area contributed by atoms with Gasteiger partial charge in [-0.15, -0.1) is 11.3 Å². The molecule has 17 heteroatoms. The Morgan fingerprint density at radius 2 is 1.80 bits per heavy atom. The average Bonchev–Trinajstić information content (AvgIpc) is 3.96. The van der Waals surface area contributed by atoms with Gasteiger partial charge in [-0.3, -0.25) is 23.7 Å². The molecule has 6 bridgehead atoms. The van der Waals surface area contributed by atoms with Crippen LogP contribution in [0.1, 0.15) is 165 Å². The number of rotatable bonds is 6. The number of carbonyl (C=O) groups excluding carboxylic acids is 4. The molecule has 4 amide bonds. The molecule has 2 spiro atoms. The second-order valence-corrected chi connectivity index (χ2v) is 21.8. The second-order valence-electron chi connectivity index (χ2n) is 18.7. The van der Waals surface area contributed by atoms with Crippen molar-refractivity contribution in [2.75, 3.05) is 13.1 Å². The molecule has 2 aliphatic carbocycles. The molecule has 2 aromatic heterocycles. The number of carbonyl (C=O) groups is 4. The minimum Gasteiger partial charge on any atom is -0.459 e. The molecular formula is C44H65N7O8S2. The molecule has 2 aromatic rings. The summed E-state index contributed by atoms with van der Waals surface area (Å²) in [6, 6.07) is -0.958. The number of likely N-dealkylation sites (tertiary alicyclic amines) is 1. The number of hydrogen-bond acceptors (Lipinski definition) is 11.